The number of hydrogen-bond donors (Lipinski definition) is 1. The molecule has 1 fully saturated rings. The summed E-state index contributed by atoms with van der Waals surface area (Å²) in [5, 5.41) is 8.94. The highest BCUT2D eigenvalue weighted by atomic mass is 16.5. The number of carboxylic acids is 1. The van der Waals surface area contributed by atoms with Gasteiger partial charge in [0.2, 0.25) is 0 Å². The summed E-state index contributed by atoms with van der Waals surface area (Å²) in [4.78, 5) is 24.9. The minimum Gasteiger partial charge on any atom is -0.497 e. The van der Waals surface area contributed by atoms with Crippen LogP contribution >= 0.6 is 0 Å². The van der Waals surface area contributed by atoms with E-state index in [0.29, 0.717) is 19.4 Å². The molecule has 0 spiro atoms. The largest absolute Gasteiger partial charge is 0.497 e. The Kier molecular flexibility index (Phi) is 6.20. The molecule has 1 unspecified atom stereocenters. The summed E-state index contributed by atoms with van der Waals surface area (Å²) in [7, 11) is 3.38. The molecule has 0 radical (unpaired) electrons. The Balaban J connectivity index is 1.83. The summed E-state index contributed by atoms with van der Waals surface area (Å²) in [6.07, 6.45) is 0.215. The number of ether oxygens (including phenoxy) is 2. The van der Waals surface area contributed by atoms with Crippen LogP contribution in [0.3, 0.4) is 0 Å². The van der Waals surface area contributed by atoms with Crippen molar-refractivity contribution < 1.29 is 24.2 Å². The van der Waals surface area contributed by atoms with Crippen molar-refractivity contribution in [2.24, 2.45) is 5.92 Å². The van der Waals surface area contributed by atoms with Crippen LogP contribution in [0.15, 0.2) is 24.3 Å². The van der Waals surface area contributed by atoms with Crippen molar-refractivity contribution in [3.8, 4) is 5.75 Å². The van der Waals surface area contributed by atoms with Gasteiger partial charge >= 0.3 is 5.97 Å². The fraction of sp³-hybridized carbons (Fsp3) is 0.556. The Morgan fingerprint density at radius 2 is 1.92 bits per heavy atom. The number of rotatable bonds is 7. The van der Waals surface area contributed by atoms with E-state index < -0.39 is 18.2 Å². The molecule has 1 amide bonds. The van der Waals surface area contributed by atoms with E-state index >= 15 is 0 Å². The maximum atomic E-state index is 12.4. The number of carbonyl (C=O) groups excluding carboxylic acids is 1. The number of amides is 1. The van der Waals surface area contributed by atoms with Gasteiger partial charge in [0.15, 0.2) is 6.10 Å². The highest BCUT2D eigenvalue weighted by Crippen LogP contribution is 2.22. The van der Waals surface area contributed by atoms with Gasteiger partial charge in [-0.05, 0) is 42.9 Å². The molecule has 132 valence electrons. The van der Waals surface area contributed by atoms with E-state index in [1.54, 1.807) is 19.1 Å². The van der Waals surface area contributed by atoms with Crippen LogP contribution in [-0.4, -0.2) is 54.8 Å². The van der Waals surface area contributed by atoms with Gasteiger partial charge in [0.25, 0.3) is 5.91 Å². The number of benzene rings is 1. The molecule has 6 nitrogen and oxygen atoms in total. The lowest BCUT2D eigenvalue weighted by molar-refractivity contribution is -0.154. The van der Waals surface area contributed by atoms with E-state index in [0.717, 1.165) is 12.2 Å². The molecule has 1 N–H and O–H groups in total. The molecule has 0 bridgehead atoms. The number of methoxy groups -OCH3 is 1. The predicted octanol–water partition coefficient (Wildman–Crippen LogP) is 1.96. The van der Waals surface area contributed by atoms with E-state index in [-0.39, 0.29) is 11.8 Å². The predicted molar refractivity (Wildman–Crippen MR) is 89.0 cm³/mol. The standard InChI is InChI=1S/C18H25NO5/c1-12(10-13-4-6-14(23-3)7-5-13)11-19(2)17(20)15-8-9-16(24-15)18(21)22/h4-7,12,15-16H,8-11H2,1-3H3,(H,21,22)/t12?,15-,16+/m0/s1. The Labute approximate surface area is 142 Å². The molecular formula is C18H25NO5. The number of nitrogens with zero attached hydrogens (tertiary/aromatic N) is 1. The van der Waals surface area contributed by atoms with Gasteiger partial charge in [-0.3, -0.25) is 4.79 Å². The van der Waals surface area contributed by atoms with Gasteiger partial charge in [0.05, 0.1) is 7.11 Å². The SMILES string of the molecule is COc1ccc(CC(C)CN(C)C(=O)[C@@H]2CC[C@H](C(=O)O)O2)cc1. The third-order valence-corrected chi connectivity index (χ3v) is 4.28. The summed E-state index contributed by atoms with van der Waals surface area (Å²) >= 11 is 0. The number of hydrogen-bond acceptors (Lipinski definition) is 4. The molecule has 3 atom stereocenters. The minimum absolute atomic E-state index is 0.139. The van der Waals surface area contributed by atoms with Crippen LogP contribution in [0.5, 0.6) is 5.75 Å². The smallest absolute Gasteiger partial charge is 0.332 e. The monoisotopic (exact) mass is 335 g/mol. The molecule has 1 aliphatic heterocycles. The molecule has 0 aromatic heterocycles. The number of carboxylic acid groups (broad SMARTS) is 1. The zero-order valence-corrected chi connectivity index (χ0v) is 14.4. The van der Waals surface area contributed by atoms with Crippen LogP contribution in [0.4, 0.5) is 0 Å². The second-order valence-corrected chi connectivity index (χ2v) is 6.41. The second-order valence-electron chi connectivity index (χ2n) is 6.41. The van der Waals surface area contributed by atoms with Crippen LogP contribution in [0.2, 0.25) is 0 Å². The van der Waals surface area contributed by atoms with Gasteiger partial charge in [-0.15, -0.1) is 0 Å². The number of aliphatic carboxylic acids is 1. The molecule has 24 heavy (non-hydrogen) atoms. The first-order valence-corrected chi connectivity index (χ1v) is 8.17. The third kappa shape index (κ3) is 4.71. The summed E-state index contributed by atoms with van der Waals surface area (Å²) in [6, 6.07) is 7.90. The lowest BCUT2D eigenvalue weighted by Gasteiger charge is -2.24. The van der Waals surface area contributed by atoms with Gasteiger partial charge in [0.1, 0.15) is 11.9 Å². The average molecular weight is 335 g/mol. The minimum atomic E-state index is -0.999. The van der Waals surface area contributed by atoms with Crippen LogP contribution < -0.4 is 4.74 Å². The van der Waals surface area contributed by atoms with Gasteiger partial charge in [-0.25, -0.2) is 4.79 Å². The zero-order chi connectivity index (χ0) is 17.7. The van der Waals surface area contributed by atoms with Crippen LogP contribution in [0.25, 0.3) is 0 Å². The lowest BCUT2D eigenvalue weighted by atomic mass is 10.0. The fourth-order valence-corrected chi connectivity index (χ4v) is 3.03. The molecule has 6 heteroatoms. The number of likely N-dealkylation sites (N-methyl/N-ethyl adjacent to an activating group) is 1. The van der Waals surface area contributed by atoms with Crippen molar-refractivity contribution >= 4 is 11.9 Å². The van der Waals surface area contributed by atoms with Gasteiger partial charge in [0, 0.05) is 13.6 Å². The molecular weight excluding hydrogens is 310 g/mol. The third-order valence-electron chi connectivity index (χ3n) is 4.28. The van der Waals surface area contributed by atoms with Crippen LogP contribution in [0, 0.1) is 5.92 Å². The molecule has 1 aromatic carbocycles. The quantitative estimate of drug-likeness (QED) is 0.824. The summed E-state index contributed by atoms with van der Waals surface area (Å²) in [6.45, 7) is 2.69. The first kappa shape index (κ1) is 18.3. The van der Waals surface area contributed by atoms with E-state index in [1.807, 2.05) is 24.3 Å². The molecule has 1 heterocycles. The molecule has 0 saturated carbocycles. The van der Waals surface area contributed by atoms with Crippen molar-refractivity contribution in [2.45, 2.75) is 38.4 Å². The van der Waals surface area contributed by atoms with Crippen LogP contribution in [0.1, 0.15) is 25.3 Å². The van der Waals surface area contributed by atoms with E-state index in [4.69, 9.17) is 14.6 Å². The van der Waals surface area contributed by atoms with Crippen LogP contribution in [-0.2, 0) is 20.7 Å². The normalized spacial score (nSPS) is 21.3. The number of carbonyl (C=O) groups is 2. The summed E-state index contributed by atoms with van der Waals surface area (Å²) < 4.78 is 10.5. The molecule has 2 rings (SSSR count). The Morgan fingerprint density at radius 1 is 1.29 bits per heavy atom. The molecule has 1 aliphatic rings. The van der Waals surface area contributed by atoms with E-state index in [2.05, 4.69) is 6.92 Å². The first-order valence-electron chi connectivity index (χ1n) is 8.17. The first-order chi connectivity index (χ1) is 11.4. The maximum Gasteiger partial charge on any atom is 0.332 e. The molecule has 1 aromatic rings. The summed E-state index contributed by atoms with van der Waals surface area (Å²) in [5.41, 5.74) is 1.19. The van der Waals surface area contributed by atoms with E-state index in [1.165, 1.54) is 5.56 Å². The molecule has 0 aliphatic carbocycles. The molecule has 1 saturated heterocycles. The fourth-order valence-electron chi connectivity index (χ4n) is 3.03. The Bertz CT molecular complexity index is 571. The van der Waals surface area contributed by atoms with E-state index in [9.17, 15) is 9.59 Å². The van der Waals surface area contributed by atoms with Crippen molar-refractivity contribution in [3.05, 3.63) is 29.8 Å². The van der Waals surface area contributed by atoms with Crippen molar-refractivity contribution in [1.82, 2.24) is 4.90 Å². The van der Waals surface area contributed by atoms with Crippen molar-refractivity contribution in [1.29, 1.82) is 0 Å². The second kappa shape index (κ2) is 8.15. The van der Waals surface area contributed by atoms with Gasteiger partial charge in [-0.2, -0.15) is 0 Å². The summed E-state index contributed by atoms with van der Waals surface area (Å²) in [5.74, 6) is -0.0322. The Hall–Kier alpha value is -2.08. The topological polar surface area (TPSA) is 76.1 Å². The van der Waals surface area contributed by atoms with Gasteiger partial charge in [-0.1, -0.05) is 19.1 Å². The van der Waals surface area contributed by atoms with Crippen molar-refractivity contribution in [2.75, 3.05) is 20.7 Å². The average Bonchev–Trinajstić information content (AvgIpc) is 3.05. The zero-order valence-electron chi connectivity index (χ0n) is 14.4. The van der Waals surface area contributed by atoms with Crippen molar-refractivity contribution in [3.63, 3.8) is 0 Å². The highest BCUT2D eigenvalue weighted by molar-refractivity contribution is 5.82. The maximum absolute atomic E-state index is 12.4. The Morgan fingerprint density at radius 3 is 2.46 bits per heavy atom. The lowest BCUT2D eigenvalue weighted by Crippen LogP contribution is -2.39. The van der Waals surface area contributed by atoms with Gasteiger partial charge < -0.3 is 19.5 Å². The highest BCUT2D eigenvalue weighted by Gasteiger charge is 2.36.